The van der Waals surface area contributed by atoms with E-state index in [2.05, 4.69) is 27.9 Å². The molecule has 0 bridgehead atoms. The lowest BCUT2D eigenvalue weighted by Crippen LogP contribution is -2.23. The second-order valence-corrected chi connectivity index (χ2v) is 9.28. The summed E-state index contributed by atoms with van der Waals surface area (Å²) < 4.78 is 27.5. The molecule has 0 spiro atoms. The van der Waals surface area contributed by atoms with E-state index in [-0.39, 0.29) is 5.82 Å². The van der Waals surface area contributed by atoms with E-state index in [0.717, 1.165) is 76.2 Å². The summed E-state index contributed by atoms with van der Waals surface area (Å²) in [5, 5.41) is 4.11. The maximum absolute atomic E-state index is 14.1. The lowest BCUT2D eigenvalue weighted by atomic mass is 9.92. The zero-order valence-corrected chi connectivity index (χ0v) is 19.7. The molecular formula is C27H30FN3O2. The number of nitrogens with zero attached hydrogens (tertiary/aromatic N) is 3. The Labute approximate surface area is 193 Å². The van der Waals surface area contributed by atoms with Gasteiger partial charge >= 0.3 is 0 Å². The summed E-state index contributed by atoms with van der Waals surface area (Å²) in [5.74, 6) is 1.58. The molecule has 172 valence electrons. The quantitative estimate of drug-likeness (QED) is 0.351. The van der Waals surface area contributed by atoms with E-state index in [4.69, 9.17) is 14.2 Å². The number of fused-ring (bicyclic) bond motifs is 1. The highest BCUT2D eigenvalue weighted by Crippen LogP contribution is 2.36. The van der Waals surface area contributed by atoms with Gasteiger partial charge in [-0.3, -0.25) is 0 Å². The first-order chi connectivity index (χ1) is 15.9. The molecule has 0 radical (unpaired) electrons. The molecule has 5 rings (SSSR count). The van der Waals surface area contributed by atoms with Crippen LogP contribution in [0.25, 0.3) is 22.2 Å². The lowest BCUT2D eigenvalue weighted by Gasteiger charge is -2.30. The van der Waals surface area contributed by atoms with Gasteiger partial charge in [0, 0.05) is 25.1 Å². The molecule has 5 nitrogen and oxygen atoms in total. The molecule has 0 saturated heterocycles. The second-order valence-electron chi connectivity index (χ2n) is 9.28. The highest BCUT2D eigenvalue weighted by Gasteiger charge is 2.26. The van der Waals surface area contributed by atoms with Gasteiger partial charge in [-0.1, -0.05) is 17.3 Å². The molecule has 33 heavy (non-hydrogen) atoms. The Morgan fingerprint density at radius 2 is 1.85 bits per heavy atom. The van der Waals surface area contributed by atoms with E-state index in [0.29, 0.717) is 18.6 Å². The number of aromatic nitrogens is 3. The summed E-state index contributed by atoms with van der Waals surface area (Å²) in [6.45, 7) is 5.82. The zero-order valence-electron chi connectivity index (χ0n) is 19.7. The van der Waals surface area contributed by atoms with Crippen LogP contribution in [0.1, 0.15) is 60.1 Å². The molecule has 1 aliphatic carbocycles. The van der Waals surface area contributed by atoms with Crippen LogP contribution in [0.5, 0.6) is 0 Å². The first-order valence-corrected chi connectivity index (χ1v) is 11.7. The summed E-state index contributed by atoms with van der Waals surface area (Å²) in [6, 6.07) is 12.0. The molecule has 6 heteroatoms. The van der Waals surface area contributed by atoms with Gasteiger partial charge in [0.05, 0.1) is 22.8 Å². The highest BCUT2D eigenvalue weighted by atomic mass is 19.1. The zero-order chi connectivity index (χ0) is 23.1. The molecule has 0 amide bonds. The molecule has 0 atom stereocenters. The molecule has 2 heterocycles. The Morgan fingerprint density at radius 3 is 2.52 bits per heavy atom. The average molecular weight is 448 g/mol. The number of imidazole rings is 1. The number of halogens is 1. The fraction of sp³-hybridized carbons (Fsp3) is 0.407. The molecule has 0 aliphatic heterocycles. The first-order valence-electron chi connectivity index (χ1n) is 11.7. The van der Waals surface area contributed by atoms with E-state index >= 15 is 0 Å². The Hall–Kier alpha value is -2.99. The SMILES string of the molecule is COC1CCC(n2c(Cc3cc(C)cc(F)c3)nc3cc(-c4c(C)noc4C)ccc32)CC1. The van der Waals surface area contributed by atoms with Crippen molar-refractivity contribution >= 4 is 11.0 Å². The second kappa shape index (κ2) is 8.75. The fourth-order valence-electron chi connectivity index (χ4n) is 5.37. The van der Waals surface area contributed by atoms with Crippen molar-refractivity contribution in [3.8, 4) is 11.1 Å². The first kappa shape index (κ1) is 21.8. The van der Waals surface area contributed by atoms with E-state index in [1.165, 1.54) is 0 Å². The average Bonchev–Trinajstić information content (AvgIpc) is 3.31. The highest BCUT2D eigenvalue weighted by molar-refractivity contribution is 5.83. The predicted octanol–water partition coefficient (Wildman–Crippen LogP) is 6.48. The summed E-state index contributed by atoms with van der Waals surface area (Å²) >= 11 is 0. The van der Waals surface area contributed by atoms with Crippen molar-refractivity contribution < 1.29 is 13.7 Å². The molecule has 1 fully saturated rings. The van der Waals surface area contributed by atoms with Gasteiger partial charge in [-0.25, -0.2) is 9.37 Å². The molecule has 4 aromatic rings. The number of rotatable bonds is 5. The lowest BCUT2D eigenvalue weighted by molar-refractivity contribution is 0.0586. The third-order valence-electron chi connectivity index (χ3n) is 6.89. The third kappa shape index (κ3) is 4.20. The molecule has 1 saturated carbocycles. The minimum Gasteiger partial charge on any atom is -0.381 e. The van der Waals surface area contributed by atoms with E-state index in [1.807, 2.05) is 26.8 Å². The molecule has 0 N–H and O–H groups in total. The molecule has 1 aliphatic rings. The Kier molecular flexibility index (Phi) is 5.79. The van der Waals surface area contributed by atoms with Gasteiger partial charge in [0.15, 0.2) is 0 Å². The monoisotopic (exact) mass is 447 g/mol. The number of hydrogen-bond acceptors (Lipinski definition) is 4. The smallest absolute Gasteiger partial charge is 0.141 e. The topological polar surface area (TPSA) is 53.1 Å². The van der Waals surface area contributed by atoms with Crippen molar-refractivity contribution in [3.05, 3.63) is 70.6 Å². The maximum atomic E-state index is 14.1. The summed E-state index contributed by atoms with van der Waals surface area (Å²) in [4.78, 5) is 5.07. The van der Waals surface area contributed by atoms with Crippen LogP contribution >= 0.6 is 0 Å². The van der Waals surface area contributed by atoms with Gasteiger partial charge in [-0.15, -0.1) is 0 Å². The van der Waals surface area contributed by atoms with Crippen molar-refractivity contribution in [2.24, 2.45) is 0 Å². The van der Waals surface area contributed by atoms with Gasteiger partial charge in [-0.2, -0.15) is 0 Å². The number of ether oxygens (including phenoxy) is 1. The molecule has 2 aromatic carbocycles. The van der Waals surface area contributed by atoms with Crippen LogP contribution in [0.4, 0.5) is 4.39 Å². The van der Waals surface area contributed by atoms with Crippen LogP contribution in [-0.2, 0) is 11.2 Å². The number of benzene rings is 2. The summed E-state index contributed by atoms with van der Waals surface area (Å²) in [5.41, 5.74) is 6.89. The summed E-state index contributed by atoms with van der Waals surface area (Å²) in [6.07, 6.45) is 5.09. The normalized spacial score (nSPS) is 18.8. The standard InChI is InChI=1S/C27H30FN3O2/c1-16-11-19(13-21(28)12-16)14-26-29-24-15-20(27-17(2)30-33-18(27)3)5-10-25(24)31(26)22-6-8-23(32-4)9-7-22/h5,10-13,15,22-23H,6-9,14H2,1-4H3. The van der Waals surface area contributed by atoms with E-state index in [1.54, 1.807) is 19.2 Å². The van der Waals surface area contributed by atoms with Gasteiger partial charge < -0.3 is 13.8 Å². The van der Waals surface area contributed by atoms with Crippen LogP contribution in [-0.4, -0.2) is 27.9 Å². The maximum Gasteiger partial charge on any atom is 0.141 e. The minimum atomic E-state index is -0.200. The Balaban J connectivity index is 1.60. The predicted molar refractivity (Wildman–Crippen MR) is 127 cm³/mol. The number of hydrogen-bond donors (Lipinski definition) is 0. The van der Waals surface area contributed by atoms with E-state index < -0.39 is 0 Å². The van der Waals surface area contributed by atoms with Crippen LogP contribution < -0.4 is 0 Å². The van der Waals surface area contributed by atoms with Crippen molar-refractivity contribution in [2.75, 3.05) is 7.11 Å². The Bertz CT molecular complexity index is 1260. The van der Waals surface area contributed by atoms with Crippen molar-refractivity contribution in [1.29, 1.82) is 0 Å². The molecular weight excluding hydrogens is 417 g/mol. The molecule has 0 unspecified atom stereocenters. The summed E-state index contributed by atoms with van der Waals surface area (Å²) in [7, 11) is 1.80. The number of aryl methyl sites for hydroxylation is 3. The minimum absolute atomic E-state index is 0.200. The van der Waals surface area contributed by atoms with Crippen LogP contribution in [0.2, 0.25) is 0 Å². The number of methoxy groups -OCH3 is 1. The third-order valence-corrected chi connectivity index (χ3v) is 6.89. The van der Waals surface area contributed by atoms with Crippen LogP contribution in [0.15, 0.2) is 40.9 Å². The Morgan fingerprint density at radius 1 is 1.06 bits per heavy atom. The van der Waals surface area contributed by atoms with Crippen molar-refractivity contribution in [1.82, 2.24) is 14.7 Å². The van der Waals surface area contributed by atoms with Gasteiger partial charge in [0.25, 0.3) is 0 Å². The van der Waals surface area contributed by atoms with Gasteiger partial charge in [0.1, 0.15) is 17.4 Å². The van der Waals surface area contributed by atoms with Crippen molar-refractivity contribution in [3.63, 3.8) is 0 Å². The van der Waals surface area contributed by atoms with Gasteiger partial charge in [-0.05, 0) is 87.4 Å². The largest absolute Gasteiger partial charge is 0.381 e. The van der Waals surface area contributed by atoms with Crippen molar-refractivity contribution in [2.45, 2.75) is 65.0 Å². The van der Waals surface area contributed by atoms with Crippen LogP contribution in [0.3, 0.4) is 0 Å². The van der Waals surface area contributed by atoms with E-state index in [9.17, 15) is 4.39 Å². The fourth-order valence-corrected chi connectivity index (χ4v) is 5.37. The molecule has 2 aromatic heterocycles. The van der Waals surface area contributed by atoms with Crippen LogP contribution in [0, 0.1) is 26.6 Å². The van der Waals surface area contributed by atoms with Gasteiger partial charge in [0.2, 0.25) is 0 Å².